The first-order valence-electron chi connectivity index (χ1n) is 7.41. The summed E-state index contributed by atoms with van der Waals surface area (Å²) in [6.07, 6.45) is 1.35. The number of rotatable bonds is 2. The summed E-state index contributed by atoms with van der Waals surface area (Å²) >= 11 is 0. The fraction of sp³-hybridized carbons (Fsp3) is 0.438. The Morgan fingerprint density at radius 1 is 1.36 bits per heavy atom. The number of benzene rings is 1. The summed E-state index contributed by atoms with van der Waals surface area (Å²) in [5.74, 6) is -0.148. The highest BCUT2D eigenvalue weighted by Gasteiger charge is 2.45. The molecule has 0 saturated carbocycles. The average molecular weight is 301 g/mol. The van der Waals surface area contributed by atoms with Gasteiger partial charge in [-0.25, -0.2) is 0 Å². The third-order valence-electron chi connectivity index (χ3n) is 4.35. The van der Waals surface area contributed by atoms with Crippen molar-refractivity contribution in [2.24, 2.45) is 5.41 Å². The fourth-order valence-corrected chi connectivity index (χ4v) is 3.26. The zero-order valence-corrected chi connectivity index (χ0v) is 12.5. The van der Waals surface area contributed by atoms with Gasteiger partial charge in [0.15, 0.2) is 0 Å². The van der Waals surface area contributed by atoms with E-state index in [2.05, 4.69) is 10.6 Å². The van der Waals surface area contributed by atoms with Gasteiger partial charge in [-0.3, -0.25) is 14.4 Å². The monoisotopic (exact) mass is 301 g/mol. The molecule has 0 aliphatic carbocycles. The van der Waals surface area contributed by atoms with E-state index in [1.54, 1.807) is 29.2 Å². The van der Waals surface area contributed by atoms with Crippen molar-refractivity contribution in [3.8, 4) is 0 Å². The Balaban J connectivity index is 1.72. The van der Waals surface area contributed by atoms with Crippen molar-refractivity contribution in [2.75, 3.05) is 25.0 Å². The number of hydrogen-bond donors (Lipinski definition) is 2. The molecule has 116 valence electrons. The molecular weight excluding hydrogens is 282 g/mol. The van der Waals surface area contributed by atoms with Crippen molar-refractivity contribution in [3.05, 3.63) is 29.8 Å². The van der Waals surface area contributed by atoms with Crippen molar-refractivity contribution >= 4 is 23.4 Å². The van der Waals surface area contributed by atoms with E-state index in [4.69, 9.17) is 0 Å². The molecule has 6 heteroatoms. The van der Waals surface area contributed by atoms with Crippen LogP contribution in [0.3, 0.4) is 0 Å². The Labute approximate surface area is 128 Å². The largest absolute Gasteiger partial charge is 0.355 e. The molecule has 22 heavy (non-hydrogen) atoms. The normalized spacial score (nSPS) is 23.7. The van der Waals surface area contributed by atoms with E-state index in [0.717, 1.165) is 6.42 Å². The third-order valence-corrected chi connectivity index (χ3v) is 4.35. The molecular formula is C16H19N3O3. The van der Waals surface area contributed by atoms with Crippen LogP contribution in [0, 0.1) is 5.41 Å². The quantitative estimate of drug-likeness (QED) is 0.855. The van der Waals surface area contributed by atoms with Crippen LogP contribution in [0.5, 0.6) is 0 Å². The number of nitrogens with one attached hydrogen (secondary N) is 2. The van der Waals surface area contributed by atoms with E-state index >= 15 is 0 Å². The lowest BCUT2D eigenvalue weighted by Gasteiger charge is -2.22. The maximum Gasteiger partial charge on any atom is 0.253 e. The highest BCUT2D eigenvalue weighted by atomic mass is 16.2. The molecule has 2 aliphatic rings. The maximum absolute atomic E-state index is 12.6. The zero-order chi connectivity index (χ0) is 15.7. The number of anilines is 1. The minimum atomic E-state index is -0.166. The number of likely N-dealkylation sites (tertiary alicyclic amines) is 1. The van der Waals surface area contributed by atoms with Crippen molar-refractivity contribution in [3.63, 3.8) is 0 Å². The maximum atomic E-state index is 12.6. The molecule has 3 rings (SSSR count). The van der Waals surface area contributed by atoms with Crippen molar-refractivity contribution in [2.45, 2.75) is 19.8 Å². The van der Waals surface area contributed by atoms with Crippen LogP contribution >= 0.6 is 0 Å². The van der Waals surface area contributed by atoms with E-state index in [9.17, 15) is 14.4 Å². The Morgan fingerprint density at radius 2 is 2.18 bits per heavy atom. The molecule has 1 aromatic rings. The first kappa shape index (κ1) is 14.6. The average Bonchev–Trinajstić information content (AvgIpc) is 3.05. The second-order valence-electron chi connectivity index (χ2n) is 6.19. The standard InChI is InChI=1S/C16H19N3O3/c1-11(20)18-13-4-2-3-12(7-13)15(22)19-6-5-16(10-19)8-14(21)17-9-16/h2-4,7H,5-6,8-10H2,1H3,(H,17,21)(H,18,20). The highest BCUT2D eigenvalue weighted by molar-refractivity contribution is 5.97. The van der Waals surface area contributed by atoms with Crippen LogP contribution in [0.25, 0.3) is 0 Å². The molecule has 0 bridgehead atoms. The number of amides is 3. The van der Waals surface area contributed by atoms with Crippen LogP contribution in [-0.4, -0.2) is 42.3 Å². The SMILES string of the molecule is CC(=O)Nc1cccc(C(=O)N2CCC3(CNC(=O)C3)C2)c1. The smallest absolute Gasteiger partial charge is 0.253 e. The number of carbonyl (C=O) groups excluding carboxylic acids is 3. The van der Waals surface area contributed by atoms with Crippen molar-refractivity contribution in [1.29, 1.82) is 0 Å². The summed E-state index contributed by atoms with van der Waals surface area (Å²) < 4.78 is 0. The van der Waals surface area contributed by atoms with Gasteiger partial charge in [-0.2, -0.15) is 0 Å². The van der Waals surface area contributed by atoms with E-state index in [1.165, 1.54) is 6.92 Å². The van der Waals surface area contributed by atoms with Crippen LogP contribution in [-0.2, 0) is 9.59 Å². The second-order valence-corrected chi connectivity index (χ2v) is 6.19. The topological polar surface area (TPSA) is 78.5 Å². The third kappa shape index (κ3) is 2.81. The second kappa shape index (κ2) is 5.44. The van der Waals surface area contributed by atoms with Gasteiger partial charge in [-0.05, 0) is 24.6 Å². The Bertz CT molecular complexity index is 643. The molecule has 2 fully saturated rings. The molecule has 2 heterocycles. The number of nitrogens with zero attached hydrogens (tertiary/aromatic N) is 1. The summed E-state index contributed by atoms with van der Waals surface area (Å²) in [6, 6.07) is 6.94. The molecule has 3 amide bonds. The first-order valence-corrected chi connectivity index (χ1v) is 7.41. The van der Waals surface area contributed by atoms with Crippen molar-refractivity contribution in [1.82, 2.24) is 10.2 Å². The van der Waals surface area contributed by atoms with Gasteiger partial charge in [-0.1, -0.05) is 6.07 Å². The molecule has 0 radical (unpaired) electrons. The molecule has 0 aromatic heterocycles. The number of hydrogen-bond acceptors (Lipinski definition) is 3. The predicted octanol–water partition coefficient (Wildman–Crippen LogP) is 0.997. The van der Waals surface area contributed by atoms with Crippen LogP contribution in [0.4, 0.5) is 5.69 Å². The predicted molar refractivity (Wildman–Crippen MR) is 81.3 cm³/mol. The first-order chi connectivity index (χ1) is 10.5. The van der Waals surface area contributed by atoms with Gasteiger partial charge < -0.3 is 15.5 Å². The van der Waals surface area contributed by atoms with Gasteiger partial charge in [0, 0.05) is 49.6 Å². The molecule has 2 saturated heterocycles. The van der Waals surface area contributed by atoms with Gasteiger partial charge >= 0.3 is 0 Å². The van der Waals surface area contributed by atoms with Crippen LogP contribution in [0.2, 0.25) is 0 Å². The minimum Gasteiger partial charge on any atom is -0.355 e. The van der Waals surface area contributed by atoms with Crippen LogP contribution in [0.15, 0.2) is 24.3 Å². The molecule has 1 unspecified atom stereocenters. The van der Waals surface area contributed by atoms with Crippen LogP contribution < -0.4 is 10.6 Å². The molecule has 6 nitrogen and oxygen atoms in total. The summed E-state index contributed by atoms with van der Waals surface area (Å²) in [6.45, 7) is 3.36. The van der Waals surface area contributed by atoms with E-state index in [0.29, 0.717) is 37.3 Å². The van der Waals surface area contributed by atoms with Crippen LogP contribution in [0.1, 0.15) is 30.1 Å². The van der Waals surface area contributed by atoms with E-state index < -0.39 is 0 Å². The van der Waals surface area contributed by atoms with Gasteiger partial charge in [0.25, 0.3) is 5.91 Å². The molecule has 2 aliphatic heterocycles. The summed E-state index contributed by atoms with van der Waals surface area (Å²) in [7, 11) is 0. The fourth-order valence-electron chi connectivity index (χ4n) is 3.26. The summed E-state index contributed by atoms with van der Waals surface area (Å²) in [4.78, 5) is 37.0. The Hall–Kier alpha value is -2.37. The Kier molecular flexibility index (Phi) is 3.60. The molecule has 1 spiro atoms. The minimum absolute atomic E-state index is 0.0524. The lowest BCUT2D eigenvalue weighted by molar-refractivity contribution is -0.119. The lowest BCUT2D eigenvalue weighted by atomic mass is 9.86. The van der Waals surface area contributed by atoms with E-state index in [1.807, 2.05) is 0 Å². The molecule has 2 N–H and O–H groups in total. The lowest BCUT2D eigenvalue weighted by Crippen LogP contribution is -2.33. The van der Waals surface area contributed by atoms with Crippen molar-refractivity contribution < 1.29 is 14.4 Å². The van der Waals surface area contributed by atoms with E-state index in [-0.39, 0.29) is 23.1 Å². The zero-order valence-electron chi connectivity index (χ0n) is 12.5. The molecule has 1 atom stereocenters. The highest BCUT2D eigenvalue weighted by Crippen LogP contribution is 2.37. The summed E-state index contributed by atoms with van der Waals surface area (Å²) in [5.41, 5.74) is 1.08. The Morgan fingerprint density at radius 3 is 2.86 bits per heavy atom. The van der Waals surface area contributed by atoms with Gasteiger partial charge in [-0.15, -0.1) is 0 Å². The number of carbonyl (C=O) groups is 3. The molecule has 1 aromatic carbocycles. The van der Waals surface area contributed by atoms with Gasteiger partial charge in [0.1, 0.15) is 0 Å². The van der Waals surface area contributed by atoms with Gasteiger partial charge in [0.05, 0.1) is 0 Å². The van der Waals surface area contributed by atoms with Gasteiger partial charge in [0.2, 0.25) is 11.8 Å². The summed E-state index contributed by atoms with van der Waals surface area (Å²) in [5, 5.41) is 5.54.